The van der Waals surface area contributed by atoms with Crippen LogP contribution in [0.3, 0.4) is 0 Å². The van der Waals surface area contributed by atoms with Crippen molar-refractivity contribution in [3.05, 3.63) is 79.4 Å². The molecule has 2 bridgehead atoms. The molecule has 0 amide bonds. The number of anilines is 3. The van der Waals surface area contributed by atoms with Gasteiger partial charge in [-0.1, -0.05) is 18.2 Å². The highest BCUT2D eigenvalue weighted by atomic mass is 16.3. The van der Waals surface area contributed by atoms with E-state index >= 15 is 0 Å². The molecule has 9 nitrogen and oxygen atoms in total. The lowest BCUT2D eigenvalue weighted by Gasteiger charge is -2.28. The lowest BCUT2D eigenvalue weighted by atomic mass is 10.0. The first-order valence-corrected chi connectivity index (χ1v) is 12.0. The number of nitrogens with zero attached hydrogens (tertiary/aromatic N) is 6. The number of benzene rings is 2. The van der Waals surface area contributed by atoms with E-state index in [1.165, 1.54) is 6.42 Å². The summed E-state index contributed by atoms with van der Waals surface area (Å²) >= 11 is 0. The second kappa shape index (κ2) is 8.31. The molecule has 3 N–H and O–H groups in total. The Hall–Kier alpha value is -4.50. The van der Waals surface area contributed by atoms with Gasteiger partial charge in [0.25, 0.3) is 0 Å². The predicted molar refractivity (Wildman–Crippen MR) is 139 cm³/mol. The zero-order valence-corrected chi connectivity index (χ0v) is 19.4. The normalized spacial score (nSPS) is 18.7. The predicted octanol–water partition coefficient (Wildman–Crippen LogP) is 3.88. The summed E-state index contributed by atoms with van der Waals surface area (Å²) in [4.78, 5) is 15.6. The maximum Gasteiger partial charge on any atom is 0.162 e. The number of phenols is 1. The number of nitrogens with one attached hydrogen (secondary N) is 2. The third-order valence-corrected chi connectivity index (χ3v) is 7.02. The van der Waals surface area contributed by atoms with Gasteiger partial charge in [-0.15, -0.1) is 5.10 Å². The van der Waals surface area contributed by atoms with Crippen LogP contribution in [0.25, 0.3) is 27.7 Å². The summed E-state index contributed by atoms with van der Waals surface area (Å²) in [5.41, 5.74) is 3.94. The minimum atomic E-state index is 0.246. The molecule has 0 spiro atoms. The molecule has 2 fully saturated rings. The molecule has 3 aromatic heterocycles. The number of aromatic hydroxyl groups is 1. The summed E-state index contributed by atoms with van der Waals surface area (Å²) in [5, 5.41) is 22.5. The number of phenolic OH excluding ortho intramolecular Hbond substituents is 1. The maximum atomic E-state index is 9.72. The fourth-order valence-electron chi connectivity index (χ4n) is 5.26. The summed E-state index contributed by atoms with van der Waals surface area (Å²) in [5.74, 6) is 2.55. The van der Waals surface area contributed by atoms with Crippen LogP contribution in [0.2, 0.25) is 0 Å². The van der Waals surface area contributed by atoms with Gasteiger partial charge in [0.15, 0.2) is 5.82 Å². The van der Waals surface area contributed by atoms with Crippen molar-refractivity contribution in [1.29, 1.82) is 0 Å². The van der Waals surface area contributed by atoms with Gasteiger partial charge in [-0.2, -0.15) is 0 Å². The first kappa shape index (κ1) is 20.8. The van der Waals surface area contributed by atoms with Crippen molar-refractivity contribution >= 4 is 28.4 Å². The summed E-state index contributed by atoms with van der Waals surface area (Å²) in [7, 11) is 0. The van der Waals surface area contributed by atoms with Crippen molar-refractivity contribution in [3.8, 4) is 22.6 Å². The van der Waals surface area contributed by atoms with Crippen LogP contribution in [0, 0.1) is 0 Å². The number of rotatable bonds is 5. The molecule has 36 heavy (non-hydrogen) atoms. The third kappa shape index (κ3) is 3.61. The second-order valence-electron chi connectivity index (χ2n) is 9.27. The van der Waals surface area contributed by atoms with E-state index in [-0.39, 0.29) is 5.75 Å². The van der Waals surface area contributed by atoms with Crippen LogP contribution in [0.4, 0.5) is 17.5 Å². The minimum absolute atomic E-state index is 0.246. The van der Waals surface area contributed by atoms with Gasteiger partial charge >= 0.3 is 0 Å². The monoisotopic (exact) mass is 476 g/mol. The van der Waals surface area contributed by atoms with Gasteiger partial charge in [0.2, 0.25) is 0 Å². The van der Waals surface area contributed by atoms with Crippen molar-refractivity contribution in [2.45, 2.75) is 18.5 Å². The van der Waals surface area contributed by atoms with Gasteiger partial charge in [-0.25, -0.2) is 14.6 Å². The lowest BCUT2D eigenvalue weighted by Crippen LogP contribution is -2.44. The van der Waals surface area contributed by atoms with Gasteiger partial charge in [0.05, 0.1) is 17.4 Å². The topological polar surface area (TPSA) is 104 Å². The number of hydrogen-bond acceptors (Lipinski definition) is 8. The van der Waals surface area contributed by atoms with E-state index in [1.807, 2.05) is 29.1 Å². The molecule has 0 unspecified atom stereocenters. The first-order valence-electron chi connectivity index (χ1n) is 12.0. The summed E-state index contributed by atoms with van der Waals surface area (Å²) in [6.07, 6.45) is 8.00. The van der Waals surface area contributed by atoms with Crippen molar-refractivity contribution in [2.24, 2.45) is 0 Å². The second-order valence-corrected chi connectivity index (χ2v) is 9.27. The van der Waals surface area contributed by atoms with Crippen LogP contribution in [-0.2, 0) is 0 Å². The van der Waals surface area contributed by atoms with Crippen LogP contribution in [0.5, 0.6) is 5.75 Å². The number of hydrogen-bond donors (Lipinski definition) is 3. The Labute approximate surface area is 207 Å². The number of aromatic nitrogens is 5. The Morgan fingerprint density at radius 2 is 1.83 bits per heavy atom. The molecule has 0 aliphatic carbocycles. The summed E-state index contributed by atoms with van der Waals surface area (Å²) in [6, 6.07) is 18.6. The lowest BCUT2D eigenvalue weighted by molar-refractivity contribution is 0.475. The van der Waals surface area contributed by atoms with Crippen molar-refractivity contribution in [1.82, 2.24) is 30.0 Å². The Morgan fingerprint density at radius 3 is 2.61 bits per heavy atom. The summed E-state index contributed by atoms with van der Waals surface area (Å²) in [6.45, 7) is 1.98. The molecule has 2 aliphatic heterocycles. The average Bonchev–Trinajstić information content (AvgIpc) is 3.65. The standard InChI is InChI=1S/C27H24N8O/c36-22-4-1-17(2-5-22)18-3-6-23-24(11-18)35(33-27(23)32-25-15-28-9-10-29-25)20-7-8-30-26(13-20)34-16-19-12-21(34)14-31-19/h1-11,13,15,19,21,31,36H,12,14,16H2,(H,29,32,33)/t19-,21-/m0/s1. The molecule has 0 radical (unpaired) electrons. The van der Waals surface area contributed by atoms with Crippen LogP contribution < -0.4 is 15.5 Å². The van der Waals surface area contributed by atoms with Crippen molar-refractivity contribution in [3.63, 3.8) is 0 Å². The maximum absolute atomic E-state index is 9.72. The Balaban J connectivity index is 1.35. The number of pyridine rings is 1. The minimum Gasteiger partial charge on any atom is -0.508 e. The first-order chi connectivity index (χ1) is 17.7. The third-order valence-electron chi connectivity index (χ3n) is 7.02. The van der Waals surface area contributed by atoms with E-state index in [1.54, 1.807) is 30.7 Å². The van der Waals surface area contributed by atoms with Crippen LogP contribution in [0.15, 0.2) is 79.4 Å². The molecule has 2 atom stereocenters. The summed E-state index contributed by atoms with van der Waals surface area (Å²) < 4.78 is 1.95. The van der Waals surface area contributed by atoms with Gasteiger partial charge in [0, 0.05) is 55.2 Å². The van der Waals surface area contributed by atoms with E-state index in [4.69, 9.17) is 10.1 Å². The Kier molecular flexibility index (Phi) is 4.81. The van der Waals surface area contributed by atoms with E-state index < -0.39 is 0 Å². The number of fused-ring (bicyclic) bond motifs is 3. The van der Waals surface area contributed by atoms with Gasteiger partial charge in [0.1, 0.15) is 17.4 Å². The van der Waals surface area contributed by atoms with Crippen LogP contribution in [-0.4, -0.2) is 55.0 Å². The van der Waals surface area contributed by atoms with Crippen LogP contribution >= 0.6 is 0 Å². The van der Waals surface area contributed by atoms with Crippen molar-refractivity contribution in [2.75, 3.05) is 23.3 Å². The van der Waals surface area contributed by atoms with Crippen molar-refractivity contribution < 1.29 is 5.11 Å². The van der Waals surface area contributed by atoms with Gasteiger partial charge in [-0.05, 0) is 47.9 Å². The molecule has 2 aliphatic rings. The molecule has 2 saturated heterocycles. The Morgan fingerprint density at radius 1 is 0.944 bits per heavy atom. The smallest absolute Gasteiger partial charge is 0.162 e. The number of piperazine rings is 1. The quantitative estimate of drug-likeness (QED) is 0.351. The zero-order valence-electron chi connectivity index (χ0n) is 19.4. The molecule has 7 rings (SSSR count). The fraction of sp³-hybridized carbons (Fsp3) is 0.185. The van der Waals surface area contributed by atoms with E-state index in [0.717, 1.165) is 46.6 Å². The van der Waals surface area contributed by atoms with Gasteiger partial charge < -0.3 is 20.6 Å². The molecule has 2 aromatic carbocycles. The highest BCUT2D eigenvalue weighted by Gasteiger charge is 2.38. The molecule has 5 aromatic rings. The largest absolute Gasteiger partial charge is 0.508 e. The van der Waals surface area contributed by atoms with E-state index in [2.05, 4.69) is 49.8 Å². The van der Waals surface area contributed by atoms with Crippen LogP contribution in [0.1, 0.15) is 6.42 Å². The molecule has 178 valence electrons. The molecule has 9 heteroatoms. The molecular formula is C27H24N8O. The van der Waals surface area contributed by atoms with E-state index in [9.17, 15) is 5.11 Å². The SMILES string of the molecule is Oc1ccc(-c2ccc3c(Nc4cnccn4)nn(-c4ccnc(N5C[C@@H]6C[C@H]5CN6)c4)c3c2)cc1. The fourth-order valence-corrected chi connectivity index (χ4v) is 5.26. The zero-order chi connectivity index (χ0) is 24.1. The van der Waals surface area contributed by atoms with Gasteiger partial charge in [-0.3, -0.25) is 4.98 Å². The Bertz CT molecular complexity index is 1550. The highest BCUT2D eigenvalue weighted by molar-refractivity contribution is 5.95. The molecule has 5 heterocycles. The highest BCUT2D eigenvalue weighted by Crippen LogP contribution is 2.34. The molecule has 0 saturated carbocycles. The average molecular weight is 477 g/mol. The van der Waals surface area contributed by atoms with E-state index in [0.29, 0.717) is 23.7 Å². The molecular weight excluding hydrogens is 452 g/mol.